The summed E-state index contributed by atoms with van der Waals surface area (Å²) in [6.45, 7) is 1.98. The van der Waals surface area contributed by atoms with Crippen molar-refractivity contribution >= 4 is 17.5 Å². The number of carbonyl (C=O) groups is 2. The third-order valence-corrected chi connectivity index (χ3v) is 5.45. The molecule has 0 bridgehead atoms. The molecule has 0 spiro atoms. The number of hydrogen-bond donors (Lipinski definition) is 1. The van der Waals surface area contributed by atoms with Crippen LogP contribution < -0.4 is 4.90 Å². The van der Waals surface area contributed by atoms with E-state index in [1.54, 1.807) is 34.3 Å². The maximum Gasteiger partial charge on any atom is 0.324 e. The molecule has 164 valence electrons. The summed E-state index contributed by atoms with van der Waals surface area (Å²) in [5.74, 6) is -0.330. The van der Waals surface area contributed by atoms with Gasteiger partial charge in [0.2, 0.25) is 0 Å². The number of aliphatic hydroxyl groups excluding tert-OH is 1. The lowest BCUT2D eigenvalue weighted by Crippen LogP contribution is -2.48. The number of nitrogens with zero attached hydrogens (tertiary/aromatic N) is 3. The van der Waals surface area contributed by atoms with Crippen LogP contribution in [0.3, 0.4) is 0 Å². The first-order valence-electron chi connectivity index (χ1n) is 10.5. The van der Waals surface area contributed by atoms with E-state index < -0.39 is 6.61 Å². The van der Waals surface area contributed by atoms with Crippen molar-refractivity contribution in [1.29, 1.82) is 0 Å². The summed E-state index contributed by atoms with van der Waals surface area (Å²) in [4.78, 5) is 32.8. The summed E-state index contributed by atoms with van der Waals surface area (Å²) in [5.41, 5.74) is 4.15. The highest BCUT2D eigenvalue weighted by Crippen LogP contribution is 2.25. The van der Waals surface area contributed by atoms with Gasteiger partial charge in [-0.05, 0) is 34.9 Å². The molecule has 0 unspecified atom stereocenters. The van der Waals surface area contributed by atoms with E-state index in [0.717, 1.165) is 22.4 Å². The lowest BCUT2D eigenvalue weighted by atomic mass is 10.1. The number of urea groups is 1. The molecule has 2 aromatic carbocycles. The predicted octanol–water partition coefficient (Wildman–Crippen LogP) is 3.38. The Morgan fingerprint density at radius 2 is 1.69 bits per heavy atom. The minimum atomic E-state index is -0.524. The van der Waals surface area contributed by atoms with Crippen LogP contribution in [-0.2, 0) is 11.3 Å². The number of ether oxygens (including phenoxy) is 1. The minimum Gasteiger partial charge on any atom is -0.388 e. The summed E-state index contributed by atoms with van der Waals surface area (Å²) in [5, 5.41) is 9.05. The molecule has 1 fully saturated rings. The lowest BCUT2D eigenvalue weighted by Gasteiger charge is -2.33. The molecule has 2 heterocycles. The molecule has 3 aromatic rings. The Morgan fingerprint density at radius 3 is 2.31 bits per heavy atom. The average Bonchev–Trinajstić information content (AvgIpc) is 2.88. The summed E-state index contributed by atoms with van der Waals surface area (Å²) in [6.07, 6.45) is 3.54. The molecule has 1 aliphatic rings. The van der Waals surface area contributed by atoms with Gasteiger partial charge >= 0.3 is 6.03 Å². The van der Waals surface area contributed by atoms with Crippen molar-refractivity contribution in [2.24, 2.45) is 0 Å². The quantitative estimate of drug-likeness (QED) is 0.605. The average molecular weight is 431 g/mol. The topological polar surface area (TPSA) is 83.0 Å². The van der Waals surface area contributed by atoms with Gasteiger partial charge in [-0.1, -0.05) is 42.5 Å². The molecule has 1 saturated heterocycles. The van der Waals surface area contributed by atoms with Crippen molar-refractivity contribution in [2.45, 2.75) is 6.54 Å². The molecule has 1 N–H and O–H groups in total. The number of benzene rings is 2. The Balaban J connectivity index is 1.60. The highest BCUT2D eigenvalue weighted by molar-refractivity contribution is 5.97. The molecule has 2 amide bonds. The van der Waals surface area contributed by atoms with Crippen molar-refractivity contribution in [3.63, 3.8) is 0 Å². The highest BCUT2D eigenvalue weighted by atomic mass is 16.5. The van der Waals surface area contributed by atoms with Crippen LogP contribution in [0.1, 0.15) is 15.9 Å². The summed E-state index contributed by atoms with van der Waals surface area (Å²) < 4.78 is 5.39. The molecule has 0 radical (unpaired) electrons. The number of ketones is 1. The largest absolute Gasteiger partial charge is 0.388 e. The van der Waals surface area contributed by atoms with E-state index in [0.29, 0.717) is 38.4 Å². The SMILES string of the molecule is O=C(CO)c1ccc(CN(C(=O)N2CCOCC2)c2ccc(-c3cccnc3)cc2)cc1. The predicted molar refractivity (Wildman–Crippen MR) is 122 cm³/mol. The molecule has 1 aliphatic heterocycles. The van der Waals surface area contributed by atoms with E-state index in [9.17, 15) is 9.59 Å². The van der Waals surface area contributed by atoms with Crippen molar-refractivity contribution in [3.8, 4) is 11.1 Å². The summed E-state index contributed by atoms with van der Waals surface area (Å²) in [7, 11) is 0. The second-order valence-corrected chi connectivity index (χ2v) is 7.53. The molecular weight excluding hydrogens is 406 g/mol. The van der Waals surface area contributed by atoms with E-state index in [1.165, 1.54) is 0 Å². The number of aromatic nitrogens is 1. The van der Waals surface area contributed by atoms with Crippen LogP contribution in [0.2, 0.25) is 0 Å². The van der Waals surface area contributed by atoms with Gasteiger partial charge in [-0.3, -0.25) is 14.7 Å². The maximum atomic E-state index is 13.4. The van der Waals surface area contributed by atoms with Crippen LogP contribution in [0, 0.1) is 0 Å². The first-order valence-corrected chi connectivity index (χ1v) is 10.5. The standard InChI is InChI=1S/C25H25N3O4/c29-18-24(30)21-5-3-19(4-6-21)17-28(25(31)27-12-14-32-15-13-27)23-9-7-20(8-10-23)22-2-1-11-26-16-22/h1-11,16,29H,12-15,17-18H2. The molecule has 32 heavy (non-hydrogen) atoms. The number of morpholine rings is 1. The van der Waals surface area contributed by atoms with Crippen molar-refractivity contribution in [3.05, 3.63) is 84.2 Å². The number of hydrogen-bond acceptors (Lipinski definition) is 5. The summed E-state index contributed by atoms with van der Waals surface area (Å²) in [6, 6.07) is 18.6. The molecule has 4 rings (SSSR count). The zero-order valence-corrected chi connectivity index (χ0v) is 17.7. The van der Waals surface area contributed by atoms with E-state index in [2.05, 4.69) is 4.98 Å². The van der Waals surface area contributed by atoms with E-state index in [1.807, 2.05) is 48.5 Å². The minimum absolute atomic E-state index is 0.0852. The van der Waals surface area contributed by atoms with Crippen LogP contribution in [0.5, 0.6) is 0 Å². The van der Waals surface area contributed by atoms with E-state index in [-0.39, 0.29) is 11.8 Å². The molecule has 0 atom stereocenters. The molecule has 1 aromatic heterocycles. The van der Waals surface area contributed by atoms with Gasteiger partial charge in [0.1, 0.15) is 6.61 Å². The molecular formula is C25H25N3O4. The highest BCUT2D eigenvalue weighted by Gasteiger charge is 2.24. The van der Waals surface area contributed by atoms with Crippen LogP contribution in [0.15, 0.2) is 73.1 Å². The van der Waals surface area contributed by atoms with Crippen LogP contribution in [-0.4, -0.2) is 59.7 Å². The number of pyridine rings is 1. The smallest absolute Gasteiger partial charge is 0.324 e. The van der Waals surface area contributed by atoms with Gasteiger partial charge in [-0.25, -0.2) is 4.79 Å². The van der Waals surface area contributed by atoms with E-state index >= 15 is 0 Å². The zero-order chi connectivity index (χ0) is 22.3. The fourth-order valence-electron chi connectivity index (χ4n) is 3.63. The number of Topliss-reactive ketones (excluding diaryl/α,β-unsaturated/α-hetero) is 1. The first kappa shape index (κ1) is 21.7. The summed E-state index contributed by atoms with van der Waals surface area (Å²) >= 11 is 0. The molecule has 7 nitrogen and oxygen atoms in total. The van der Waals surface area contributed by atoms with Crippen LogP contribution in [0.4, 0.5) is 10.5 Å². The number of amides is 2. The Labute approximate surface area is 186 Å². The second kappa shape index (κ2) is 10.2. The zero-order valence-electron chi connectivity index (χ0n) is 17.7. The number of rotatable bonds is 6. The number of anilines is 1. The first-order chi connectivity index (χ1) is 15.7. The van der Waals surface area contributed by atoms with Gasteiger partial charge in [0, 0.05) is 36.7 Å². The van der Waals surface area contributed by atoms with E-state index in [4.69, 9.17) is 9.84 Å². The Bertz CT molecular complexity index is 1050. The fourth-order valence-corrected chi connectivity index (χ4v) is 3.63. The van der Waals surface area contributed by atoms with Crippen molar-refractivity contribution in [2.75, 3.05) is 37.8 Å². The van der Waals surface area contributed by atoms with Crippen molar-refractivity contribution < 1.29 is 19.4 Å². The maximum absolute atomic E-state index is 13.4. The van der Waals surface area contributed by atoms with Crippen LogP contribution >= 0.6 is 0 Å². The fraction of sp³-hybridized carbons (Fsp3) is 0.240. The van der Waals surface area contributed by atoms with Crippen molar-refractivity contribution in [1.82, 2.24) is 9.88 Å². The van der Waals surface area contributed by atoms with Gasteiger partial charge in [-0.2, -0.15) is 0 Å². The Morgan fingerprint density at radius 1 is 0.969 bits per heavy atom. The van der Waals surface area contributed by atoms with Gasteiger partial charge in [0.05, 0.1) is 19.8 Å². The third kappa shape index (κ3) is 5.01. The molecule has 0 aliphatic carbocycles. The van der Waals surface area contributed by atoms with Crippen LogP contribution in [0.25, 0.3) is 11.1 Å². The number of carbonyl (C=O) groups excluding carboxylic acids is 2. The second-order valence-electron chi connectivity index (χ2n) is 7.53. The van der Waals surface area contributed by atoms with Gasteiger partial charge in [0.15, 0.2) is 5.78 Å². The van der Waals surface area contributed by atoms with Gasteiger partial charge in [0.25, 0.3) is 0 Å². The number of aliphatic hydroxyl groups is 1. The third-order valence-electron chi connectivity index (χ3n) is 5.45. The Kier molecular flexibility index (Phi) is 6.89. The monoisotopic (exact) mass is 431 g/mol. The van der Waals surface area contributed by atoms with Gasteiger partial charge in [-0.15, -0.1) is 0 Å². The molecule has 7 heteroatoms. The lowest BCUT2D eigenvalue weighted by molar-refractivity contribution is 0.0548. The van der Waals surface area contributed by atoms with Gasteiger partial charge < -0.3 is 14.7 Å². The molecule has 0 saturated carbocycles. The Hall–Kier alpha value is -3.55. The normalized spacial score (nSPS) is 13.6.